The van der Waals surface area contributed by atoms with Crippen molar-refractivity contribution in [3.63, 3.8) is 0 Å². The quantitative estimate of drug-likeness (QED) is 0.938. The van der Waals surface area contributed by atoms with Crippen molar-refractivity contribution in [3.8, 4) is 0 Å². The van der Waals surface area contributed by atoms with Crippen molar-refractivity contribution >= 4 is 22.6 Å². The maximum atomic E-state index is 11.4. The summed E-state index contributed by atoms with van der Waals surface area (Å²) >= 11 is 0. The van der Waals surface area contributed by atoms with Crippen LogP contribution in [0.3, 0.4) is 0 Å². The van der Waals surface area contributed by atoms with Crippen LogP contribution < -0.4 is 4.90 Å². The zero-order valence-corrected chi connectivity index (χ0v) is 13.5. The predicted molar refractivity (Wildman–Crippen MR) is 90.2 cm³/mol. The molecule has 0 amide bonds. The van der Waals surface area contributed by atoms with E-state index in [0.717, 1.165) is 31.6 Å². The maximum Gasteiger partial charge on any atom is 0.336 e. The van der Waals surface area contributed by atoms with E-state index in [1.54, 1.807) is 12.3 Å². The van der Waals surface area contributed by atoms with E-state index in [1.165, 1.54) is 0 Å². The van der Waals surface area contributed by atoms with Crippen LogP contribution in [0, 0.1) is 0 Å². The van der Waals surface area contributed by atoms with Gasteiger partial charge in [0, 0.05) is 30.4 Å². The summed E-state index contributed by atoms with van der Waals surface area (Å²) < 4.78 is 5.88. The molecule has 0 aliphatic carbocycles. The van der Waals surface area contributed by atoms with Crippen LogP contribution >= 0.6 is 0 Å². The largest absolute Gasteiger partial charge is 0.478 e. The molecule has 1 fully saturated rings. The number of hydrogen-bond donors (Lipinski definition) is 1. The fourth-order valence-electron chi connectivity index (χ4n) is 3.15. The van der Waals surface area contributed by atoms with Crippen LogP contribution in [0.15, 0.2) is 30.5 Å². The first-order valence-corrected chi connectivity index (χ1v) is 8.07. The molecule has 0 spiro atoms. The van der Waals surface area contributed by atoms with Crippen molar-refractivity contribution in [2.24, 2.45) is 0 Å². The molecule has 0 unspecified atom stereocenters. The predicted octanol–water partition coefficient (Wildman–Crippen LogP) is 3.33. The van der Waals surface area contributed by atoms with Gasteiger partial charge in [0.2, 0.25) is 0 Å². The minimum atomic E-state index is -0.918. The van der Waals surface area contributed by atoms with Gasteiger partial charge in [0.1, 0.15) is 0 Å². The Balaban J connectivity index is 1.81. The molecule has 1 aromatic heterocycles. The third-order valence-corrected chi connectivity index (χ3v) is 4.23. The van der Waals surface area contributed by atoms with Crippen LogP contribution in [0.2, 0.25) is 0 Å². The number of aromatic nitrogens is 1. The number of piperidine rings is 1. The summed E-state index contributed by atoms with van der Waals surface area (Å²) in [6.07, 6.45) is 4.11. The second kappa shape index (κ2) is 6.54. The molecule has 2 heterocycles. The summed E-state index contributed by atoms with van der Waals surface area (Å²) in [4.78, 5) is 17.9. The Labute approximate surface area is 135 Å². The van der Waals surface area contributed by atoms with E-state index in [1.807, 2.05) is 18.2 Å². The number of nitrogens with zero attached hydrogens (tertiary/aromatic N) is 2. The molecule has 1 aliphatic heterocycles. The van der Waals surface area contributed by atoms with Crippen LogP contribution in [0.1, 0.15) is 37.0 Å². The van der Waals surface area contributed by atoms with E-state index in [-0.39, 0.29) is 6.10 Å². The average molecular weight is 314 g/mol. The topological polar surface area (TPSA) is 62.7 Å². The molecular formula is C18H22N2O3. The fourth-order valence-corrected chi connectivity index (χ4v) is 3.15. The number of fused-ring (bicyclic) bond motifs is 1. The van der Waals surface area contributed by atoms with Gasteiger partial charge in [0.05, 0.1) is 23.3 Å². The summed E-state index contributed by atoms with van der Waals surface area (Å²) in [5.74, 6) is -0.918. The third kappa shape index (κ3) is 3.45. The minimum absolute atomic E-state index is 0.261. The third-order valence-electron chi connectivity index (χ3n) is 4.23. The Hall–Kier alpha value is -2.14. The second-order valence-electron chi connectivity index (χ2n) is 6.24. The smallest absolute Gasteiger partial charge is 0.336 e. The molecule has 5 nitrogen and oxygen atoms in total. The highest BCUT2D eigenvalue weighted by atomic mass is 16.5. The standard InChI is InChI=1S/C18H22N2O3/c1-12(2)23-14-6-9-20(10-7-14)13-3-4-17-16(11-13)15(18(21)22)5-8-19-17/h3-5,8,11-12,14H,6-7,9-10H2,1-2H3,(H,21,22). The van der Waals surface area contributed by atoms with Crippen LogP contribution in [0.25, 0.3) is 10.9 Å². The lowest BCUT2D eigenvalue weighted by Gasteiger charge is -2.34. The highest BCUT2D eigenvalue weighted by Gasteiger charge is 2.21. The molecule has 1 aliphatic rings. The first-order valence-electron chi connectivity index (χ1n) is 8.07. The van der Waals surface area contributed by atoms with Crippen molar-refractivity contribution < 1.29 is 14.6 Å². The van der Waals surface area contributed by atoms with E-state index < -0.39 is 5.97 Å². The molecule has 1 saturated heterocycles. The van der Waals surface area contributed by atoms with Gasteiger partial charge < -0.3 is 14.7 Å². The van der Waals surface area contributed by atoms with E-state index in [4.69, 9.17) is 4.74 Å². The molecule has 0 radical (unpaired) electrons. The zero-order chi connectivity index (χ0) is 16.4. The number of aromatic carboxylic acids is 1. The van der Waals surface area contributed by atoms with Crippen LogP contribution in [-0.2, 0) is 4.74 Å². The molecule has 0 saturated carbocycles. The minimum Gasteiger partial charge on any atom is -0.478 e. The first kappa shape index (κ1) is 15.7. The van der Waals surface area contributed by atoms with Gasteiger partial charge in [0.15, 0.2) is 0 Å². The van der Waals surface area contributed by atoms with E-state index >= 15 is 0 Å². The molecule has 0 atom stereocenters. The molecular weight excluding hydrogens is 292 g/mol. The number of ether oxygens (including phenoxy) is 1. The second-order valence-corrected chi connectivity index (χ2v) is 6.24. The molecule has 1 aromatic carbocycles. The average Bonchev–Trinajstić information content (AvgIpc) is 2.54. The summed E-state index contributed by atoms with van der Waals surface area (Å²) in [5.41, 5.74) is 2.07. The summed E-state index contributed by atoms with van der Waals surface area (Å²) in [6, 6.07) is 7.41. The summed E-state index contributed by atoms with van der Waals surface area (Å²) in [5, 5.41) is 10.0. The van der Waals surface area contributed by atoms with Crippen molar-refractivity contribution in [2.45, 2.75) is 38.9 Å². The number of carboxylic acids is 1. The van der Waals surface area contributed by atoms with E-state index in [0.29, 0.717) is 22.6 Å². The van der Waals surface area contributed by atoms with Gasteiger partial charge in [-0.25, -0.2) is 4.79 Å². The Morgan fingerprint density at radius 2 is 2.04 bits per heavy atom. The summed E-state index contributed by atoms with van der Waals surface area (Å²) in [6.45, 7) is 5.98. The van der Waals surface area contributed by atoms with Gasteiger partial charge in [-0.05, 0) is 51.0 Å². The Morgan fingerprint density at radius 1 is 1.30 bits per heavy atom. The van der Waals surface area contributed by atoms with Gasteiger partial charge in [-0.1, -0.05) is 0 Å². The Morgan fingerprint density at radius 3 is 2.70 bits per heavy atom. The molecule has 1 N–H and O–H groups in total. The molecule has 5 heteroatoms. The molecule has 122 valence electrons. The van der Waals surface area contributed by atoms with Crippen LogP contribution in [0.4, 0.5) is 5.69 Å². The van der Waals surface area contributed by atoms with Gasteiger partial charge >= 0.3 is 5.97 Å². The highest BCUT2D eigenvalue weighted by Crippen LogP contribution is 2.27. The molecule has 3 rings (SSSR count). The number of anilines is 1. The SMILES string of the molecule is CC(C)OC1CCN(c2ccc3nccc(C(=O)O)c3c2)CC1. The normalized spacial score (nSPS) is 16.2. The number of hydrogen-bond acceptors (Lipinski definition) is 4. The fraction of sp³-hybridized carbons (Fsp3) is 0.444. The zero-order valence-electron chi connectivity index (χ0n) is 13.5. The number of pyridine rings is 1. The van der Waals surface area contributed by atoms with Crippen LogP contribution in [-0.4, -0.2) is 41.4 Å². The first-order chi connectivity index (χ1) is 11.0. The maximum absolute atomic E-state index is 11.4. The molecule has 23 heavy (non-hydrogen) atoms. The van der Waals surface area contributed by atoms with Crippen molar-refractivity contribution in [1.82, 2.24) is 4.98 Å². The Kier molecular flexibility index (Phi) is 4.48. The number of carbonyl (C=O) groups is 1. The van der Waals surface area contributed by atoms with Crippen LogP contribution in [0.5, 0.6) is 0 Å². The summed E-state index contributed by atoms with van der Waals surface area (Å²) in [7, 11) is 0. The van der Waals surface area contributed by atoms with E-state index in [2.05, 4.69) is 23.7 Å². The van der Waals surface area contributed by atoms with Crippen molar-refractivity contribution in [3.05, 3.63) is 36.0 Å². The van der Waals surface area contributed by atoms with Crippen molar-refractivity contribution in [1.29, 1.82) is 0 Å². The van der Waals surface area contributed by atoms with E-state index in [9.17, 15) is 9.90 Å². The van der Waals surface area contributed by atoms with Gasteiger partial charge in [-0.2, -0.15) is 0 Å². The Bertz CT molecular complexity index is 706. The van der Waals surface area contributed by atoms with Gasteiger partial charge in [-0.15, -0.1) is 0 Å². The van der Waals surface area contributed by atoms with Gasteiger partial charge in [0.25, 0.3) is 0 Å². The molecule has 0 bridgehead atoms. The number of carboxylic acid groups (broad SMARTS) is 1. The lowest BCUT2D eigenvalue weighted by atomic mass is 10.0. The lowest BCUT2D eigenvalue weighted by Crippen LogP contribution is -2.37. The highest BCUT2D eigenvalue weighted by molar-refractivity contribution is 6.03. The number of rotatable bonds is 4. The molecule has 2 aromatic rings. The van der Waals surface area contributed by atoms with Gasteiger partial charge in [-0.3, -0.25) is 4.98 Å². The monoisotopic (exact) mass is 314 g/mol. The number of benzene rings is 1. The lowest BCUT2D eigenvalue weighted by molar-refractivity contribution is -0.00478. The van der Waals surface area contributed by atoms with Crippen molar-refractivity contribution in [2.75, 3.05) is 18.0 Å².